The molecule has 0 unspecified atom stereocenters. The van der Waals surface area contributed by atoms with Gasteiger partial charge in [0.2, 0.25) is 21.8 Å². The van der Waals surface area contributed by atoms with Crippen LogP contribution in [0.1, 0.15) is 18.2 Å². The number of piperazine rings is 1. The Morgan fingerprint density at radius 2 is 1.74 bits per heavy atom. The molecule has 182 valence electrons. The van der Waals surface area contributed by atoms with Crippen LogP contribution in [0.25, 0.3) is 0 Å². The van der Waals surface area contributed by atoms with Crippen LogP contribution in [-0.2, 0) is 32.7 Å². The van der Waals surface area contributed by atoms with Crippen molar-refractivity contribution in [1.82, 2.24) is 19.5 Å². The summed E-state index contributed by atoms with van der Waals surface area (Å²) in [5.41, 5.74) is -0.289. The van der Waals surface area contributed by atoms with E-state index in [1.807, 2.05) is 0 Å². The quantitative estimate of drug-likeness (QED) is 0.541. The summed E-state index contributed by atoms with van der Waals surface area (Å²) in [4.78, 5) is 32.4. The summed E-state index contributed by atoms with van der Waals surface area (Å²) in [7, 11) is -4.02. The number of hydrogen-bond donors (Lipinski definition) is 1. The second-order valence-electron chi connectivity index (χ2n) is 8.47. The van der Waals surface area contributed by atoms with Gasteiger partial charge in [-0.3, -0.25) is 14.6 Å². The summed E-state index contributed by atoms with van der Waals surface area (Å²) >= 11 is 0. The SMILES string of the molecule is C[C@@]1(C(=O)NCc2ccc(F)cc2)CN(S(=O)(=O)c2ccccc2)CC(=O)N1Cc1ccccn1. The molecule has 3 aromatic rings. The molecule has 2 aromatic carbocycles. The van der Waals surface area contributed by atoms with Crippen LogP contribution >= 0.6 is 0 Å². The van der Waals surface area contributed by atoms with Gasteiger partial charge in [0.1, 0.15) is 11.4 Å². The first kappa shape index (κ1) is 24.5. The second-order valence-corrected chi connectivity index (χ2v) is 10.4. The molecule has 10 heteroatoms. The first-order valence-corrected chi connectivity index (χ1v) is 12.4. The number of sulfonamides is 1. The lowest BCUT2D eigenvalue weighted by atomic mass is 9.95. The molecule has 1 aliphatic heterocycles. The van der Waals surface area contributed by atoms with Gasteiger partial charge in [0.15, 0.2) is 0 Å². The van der Waals surface area contributed by atoms with Crippen molar-refractivity contribution >= 4 is 21.8 Å². The largest absolute Gasteiger partial charge is 0.350 e. The van der Waals surface area contributed by atoms with E-state index >= 15 is 0 Å². The maximum absolute atomic E-state index is 13.5. The molecule has 1 fully saturated rings. The lowest BCUT2D eigenvalue weighted by Crippen LogP contribution is -2.69. The molecule has 8 nitrogen and oxygen atoms in total. The number of carbonyl (C=O) groups excluding carboxylic acids is 2. The summed E-state index contributed by atoms with van der Waals surface area (Å²) in [5.74, 6) is -1.44. The van der Waals surface area contributed by atoms with Gasteiger partial charge in [-0.1, -0.05) is 36.4 Å². The zero-order chi connectivity index (χ0) is 25.1. The Morgan fingerprint density at radius 3 is 2.40 bits per heavy atom. The van der Waals surface area contributed by atoms with Crippen LogP contribution in [0.4, 0.5) is 4.39 Å². The van der Waals surface area contributed by atoms with Crippen LogP contribution in [0.15, 0.2) is 83.9 Å². The summed E-state index contributed by atoms with van der Waals surface area (Å²) in [6.07, 6.45) is 1.59. The third-order valence-electron chi connectivity index (χ3n) is 5.98. The maximum Gasteiger partial charge on any atom is 0.247 e. The lowest BCUT2D eigenvalue weighted by molar-refractivity contribution is -0.153. The minimum atomic E-state index is -4.02. The lowest BCUT2D eigenvalue weighted by Gasteiger charge is -2.46. The Morgan fingerprint density at radius 1 is 1.06 bits per heavy atom. The average molecular weight is 497 g/mol. The van der Waals surface area contributed by atoms with Crippen molar-refractivity contribution in [3.05, 3.63) is 96.1 Å². The number of nitrogens with one attached hydrogen (secondary N) is 1. The van der Waals surface area contributed by atoms with Gasteiger partial charge in [-0.05, 0) is 48.9 Å². The molecule has 1 aliphatic rings. The summed E-state index contributed by atoms with van der Waals surface area (Å²) in [5, 5.41) is 2.78. The zero-order valence-electron chi connectivity index (χ0n) is 19.1. The van der Waals surface area contributed by atoms with Gasteiger partial charge in [0.05, 0.1) is 23.7 Å². The van der Waals surface area contributed by atoms with Crippen LogP contribution in [0, 0.1) is 5.82 Å². The van der Waals surface area contributed by atoms with E-state index in [4.69, 9.17) is 0 Å². The van der Waals surface area contributed by atoms with Crippen LogP contribution in [0.2, 0.25) is 0 Å². The van der Waals surface area contributed by atoms with E-state index in [0.29, 0.717) is 11.3 Å². The first-order chi connectivity index (χ1) is 16.7. The van der Waals surface area contributed by atoms with Crippen LogP contribution in [0.3, 0.4) is 0 Å². The molecule has 0 radical (unpaired) electrons. The molecule has 4 rings (SSSR count). The molecule has 1 N–H and O–H groups in total. The van der Waals surface area contributed by atoms with Crippen LogP contribution in [0.5, 0.6) is 0 Å². The van der Waals surface area contributed by atoms with Gasteiger partial charge in [-0.2, -0.15) is 4.31 Å². The molecular formula is C25H25FN4O4S. The fraction of sp³-hybridized carbons (Fsp3) is 0.240. The third-order valence-corrected chi connectivity index (χ3v) is 7.78. The molecule has 0 aliphatic carbocycles. The van der Waals surface area contributed by atoms with Crippen LogP contribution < -0.4 is 5.32 Å². The molecule has 2 amide bonds. The zero-order valence-corrected chi connectivity index (χ0v) is 19.9. The van der Waals surface area contributed by atoms with Gasteiger partial charge in [0, 0.05) is 19.3 Å². The minimum Gasteiger partial charge on any atom is -0.350 e. The van der Waals surface area contributed by atoms with E-state index in [1.165, 1.54) is 29.2 Å². The number of benzene rings is 2. The number of nitrogens with zero attached hydrogens (tertiary/aromatic N) is 3. The molecular weight excluding hydrogens is 471 g/mol. The second kappa shape index (κ2) is 9.93. The van der Waals surface area contributed by atoms with Crippen molar-refractivity contribution in [2.75, 3.05) is 13.1 Å². The smallest absolute Gasteiger partial charge is 0.247 e. The summed E-state index contributed by atoms with van der Waals surface area (Å²) < 4.78 is 40.9. The van der Waals surface area contributed by atoms with Crippen molar-refractivity contribution in [1.29, 1.82) is 0 Å². The molecule has 1 saturated heterocycles. The van der Waals surface area contributed by atoms with E-state index < -0.39 is 39.7 Å². The number of hydrogen-bond acceptors (Lipinski definition) is 5. The first-order valence-electron chi connectivity index (χ1n) is 11.0. The fourth-order valence-electron chi connectivity index (χ4n) is 3.99. The highest BCUT2D eigenvalue weighted by molar-refractivity contribution is 7.89. The Bertz CT molecular complexity index is 1300. The van der Waals surface area contributed by atoms with E-state index in [-0.39, 0.29) is 24.5 Å². The molecule has 1 atom stereocenters. The van der Waals surface area contributed by atoms with Gasteiger partial charge in [-0.15, -0.1) is 0 Å². The molecule has 1 aromatic heterocycles. The molecule has 2 heterocycles. The van der Waals surface area contributed by atoms with Crippen molar-refractivity contribution in [3.8, 4) is 0 Å². The van der Waals surface area contributed by atoms with E-state index in [2.05, 4.69) is 10.3 Å². The number of aromatic nitrogens is 1. The van der Waals surface area contributed by atoms with E-state index in [9.17, 15) is 22.4 Å². The van der Waals surface area contributed by atoms with Crippen molar-refractivity contribution in [2.45, 2.75) is 30.4 Å². The number of halogens is 1. The molecule has 0 saturated carbocycles. The number of rotatable bonds is 7. The highest BCUT2D eigenvalue weighted by atomic mass is 32.2. The van der Waals surface area contributed by atoms with Crippen LogP contribution in [-0.4, -0.2) is 53.0 Å². The van der Waals surface area contributed by atoms with Gasteiger partial charge in [-0.25, -0.2) is 12.8 Å². The Kier molecular flexibility index (Phi) is 6.95. The Balaban J connectivity index is 1.64. The minimum absolute atomic E-state index is 0.0410. The van der Waals surface area contributed by atoms with E-state index in [1.54, 1.807) is 61.7 Å². The predicted octanol–water partition coefficient (Wildman–Crippen LogP) is 2.33. The highest BCUT2D eigenvalue weighted by Crippen LogP contribution is 2.29. The number of amides is 2. The maximum atomic E-state index is 13.5. The van der Waals surface area contributed by atoms with Gasteiger partial charge < -0.3 is 10.2 Å². The fourth-order valence-corrected chi connectivity index (χ4v) is 5.49. The molecule has 0 spiro atoms. The molecule has 0 bridgehead atoms. The number of carbonyl (C=O) groups is 2. The third kappa shape index (κ3) is 5.23. The van der Waals surface area contributed by atoms with Crippen molar-refractivity contribution in [3.63, 3.8) is 0 Å². The standard InChI is InChI=1S/C25H25FN4O4S/c1-25(24(32)28-15-19-10-12-20(26)13-11-19)18-29(35(33,34)22-8-3-2-4-9-22)17-23(31)30(25)16-21-7-5-6-14-27-21/h2-14H,15-18H2,1H3,(H,28,32)/t25-/m0/s1. The number of pyridine rings is 1. The Labute approximate surface area is 203 Å². The monoisotopic (exact) mass is 496 g/mol. The molecule has 35 heavy (non-hydrogen) atoms. The summed E-state index contributed by atoms with van der Waals surface area (Å²) in [6.45, 7) is 1.04. The normalized spacial score (nSPS) is 18.9. The van der Waals surface area contributed by atoms with Crippen molar-refractivity contribution < 1.29 is 22.4 Å². The van der Waals surface area contributed by atoms with Gasteiger partial charge in [0.25, 0.3) is 0 Å². The average Bonchev–Trinajstić information content (AvgIpc) is 2.86. The van der Waals surface area contributed by atoms with Gasteiger partial charge >= 0.3 is 0 Å². The van der Waals surface area contributed by atoms with Crippen molar-refractivity contribution in [2.24, 2.45) is 0 Å². The van der Waals surface area contributed by atoms with E-state index in [0.717, 1.165) is 4.31 Å². The Hall–Kier alpha value is -3.63. The highest BCUT2D eigenvalue weighted by Gasteiger charge is 2.50. The summed E-state index contributed by atoms with van der Waals surface area (Å²) in [6, 6.07) is 18.7. The topological polar surface area (TPSA) is 99.7 Å². The predicted molar refractivity (Wildman–Crippen MR) is 127 cm³/mol.